The lowest BCUT2D eigenvalue weighted by Crippen LogP contribution is -2.25. The lowest BCUT2D eigenvalue weighted by molar-refractivity contribution is 0.510. The summed E-state index contributed by atoms with van der Waals surface area (Å²) >= 11 is 5.23. The highest BCUT2D eigenvalue weighted by atomic mass is 79.9. The predicted molar refractivity (Wildman–Crippen MR) is 79.7 cm³/mol. The number of hydrogen-bond donors (Lipinski definition) is 1. The third-order valence-electron chi connectivity index (χ3n) is 2.53. The molecule has 0 spiro atoms. The monoisotopic (exact) mass is 316 g/mol. The molecule has 0 saturated carbocycles. The molecule has 96 valence electrons. The molecule has 1 heterocycles. The van der Waals surface area contributed by atoms with Crippen LogP contribution in [0.3, 0.4) is 0 Å². The van der Waals surface area contributed by atoms with Crippen LogP contribution in [0.2, 0.25) is 0 Å². The van der Waals surface area contributed by atoms with Gasteiger partial charge in [-0.15, -0.1) is 11.8 Å². The average Bonchev–Trinajstić information content (AvgIpc) is 2.31. The first-order valence-corrected chi connectivity index (χ1v) is 7.98. The molecule has 0 radical (unpaired) electrons. The normalized spacial score (nSPS) is 12.6. The predicted octanol–water partition coefficient (Wildman–Crippen LogP) is 4.10. The van der Waals surface area contributed by atoms with Crippen molar-refractivity contribution in [3.05, 3.63) is 22.8 Å². The van der Waals surface area contributed by atoms with E-state index in [-0.39, 0.29) is 0 Å². The van der Waals surface area contributed by atoms with Crippen molar-refractivity contribution >= 4 is 27.7 Å². The van der Waals surface area contributed by atoms with Crippen LogP contribution in [0, 0.1) is 0 Å². The van der Waals surface area contributed by atoms with Crippen molar-refractivity contribution in [3.8, 4) is 0 Å². The summed E-state index contributed by atoms with van der Waals surface area (Å²) in [5, 5.41) is 4.55. The van der Waals surface area contributed by atoms with Gasteiger partial charge in [0.1, 0.15) is 0 Å². The second-order valence-electron chi connectivity index (χ2n) is 4.12. The lowest BCUT2D eigenvalue weighted by Gasteiger charge is -2.11. The molecule has 0 saturated heterocycles. The van der Waals surface area contributed by atoms with Gasteiger partial charge in [-0.3, -0.25) is 0 Å². The second-order valence-corrected chi connectivity index (χ2v) is 6.15. The van der Waals surface area contributed by atoms with Crippen LogP contribution in [0.5, 0.6) is 0 Å². The van der Waals surface area contributed by atoms with E-state index in [9.17, 15) is 0 Å². The summed E-state index contributed by atoms with van der Waals surface area (Å²) in [5.41, 5.74) is 0. The fourth-order valence-corrected chi connectivity index (χ4v) is 2.71. The highest BCUT2D eigenvalue weighted by Crippen LogP contribution is 2.19. The minimum atomic E-state index is 0.649. The molecule has 1 N–H and O–H groups in total. The molecule has 0 aromatic carbocycles. The van der Waals surface area contributed by atoms with Crippen LogP contribution >= 0.6 is 27.7 Å². The zero-order chi connectivity index (χ0) is 12.5. The maximum atomic E-state index is 4.34. The molecular formula is C13H21BrN2S. The fraction of sp³-hybridized carbons (Fsp3) is 0.615. The number of aromatic nitrogens is 1. The summed E-state index contributed by atoms with van der Waals surface area (Å²) in [6.07, 6.45) is 5.67. The summed E-state index contributed by atoms with van der Waals surface area (Å²) in [5.74, 6) is 1.16. The average molecular weight is 317 g/mol. The van der Waals surface area contributed by atoms with Gasteiger partial charge < -0.3 is 5.32 Å². The third-order valence-corrected chi connectivity index (χ3v) is 4.03. The van der Waals surface area contributed by atoms with Crippen molar-refractivity contribution in [2.75, 3.05) is 12.3 Å². The number of rotatable bonds is 8. The van der Waals surface area contributed by atoms with Crippen LogP contribution in [0.25, 0.3) is 0 Å². The molecule has 1 rings (SSSR count). The first-order valence-electron chi connectivity index (χ1n) is 6.20. The molecule has 1 unspecified atom stereocenters. The zero-order valence-electron chi connectivity index (χ0n) is 10.6. The Balaban J connectivity index is 2.06. The zero-order valence-corrected chi connectivity index (χ0v) is 13.0. The van der Waals surface area contributed by atoms with Crippen molar-refractivity contribution in [3.63, 3.8) is 0 Å². The number of thioether (sulfide) groups is 1. The standard InChI is InChI=1S/C13H21BrN2S/c1-3-15-11(2)6-4-5-9-17-13-8-7-12(14)10-16-13/h7-8,10-11,15H,3-6,9H2,1-2H3. The first-order chi connectivity index (χ1) is 8.22. The Kier molecular flexibility index (Phi) is 7.90. The van der Waals surface area contributed by atoms with E-state index in [0.717, 1.165) is 21.8 Å². The van der Waals surface area contributed by atoms with Crippen molar-refractivity contribution in [1.29, 1.82) is 0 Å². The maximum absolute atomic E-state index is 4.34. The molecule has 1 aromatic heterocycles. The Morgan fingerprint density at radius 3 is 2.88 bits per heavy atom. The summed E-state index contributed by atoms with van der Waals surface area (Å²) < 4.78 is 1.04. The van der Waals surface area contributed by atoms with Crippen LogP contribution in [0.4, 0.5) is 0 Å². The van der Waals surface area contributed by atoms with Crippen molar-refractivity contribution in [1.82, 2.24) is 10.3 Å². The Morgan fingerprint density at radius 1 is 1.41 bits per heavy atom. The van der Waals surface area contributed by atoms with Crippen LogP contribution in [0.1, 0.15) is 33.1 Å². The molecule has 0 aliphatic carbocycles. The molecule has 1 atom stereocenters. The SMILES string of the molecule is CCNC(C)CCCCSc1ccc(Br)cn1. The molecule has 0 aliphatic rings. The summed E-state index contributed by atoms with van der Waals surface area (Å²) in [6.45, 7) is 5.48. The molecule has 0 fully saturated rings. The second kappa shape index (κ2) is 8.95. The summed E-state index contributed by atoms with van der Waals surface area (Å²) in [7, 11) is 0. The van der Waals surface area contributed by atoms with Gasteiger partial charge in [0.2, 0.25) is 0 Å². The summed E-state index contributed by atoms with van der Waals surface area (Å²) in [4.78, 5) is 4.34. The van der Waals surface area contributed by atoms with E-state index in [1.165, 1.54) is 19.3 Å². The van der Waals surface area contributed by atoms with E-state index in [0.29, 0.717) is 6.04 Å². The minimum absolute atomic E-state index is 0.649. The van der Waals surface area contributed by atoms with E-state index in [1.807, 2.05) is 24.0 Å². The van der Waals surface area contributed by atoms with Gasteiger partial charge in [0.25, 0.3) is 0 Å². The number of nitrogens with one attached hydrogen (secondary N) is 1. The van der Waals surface area contributed by atoms with Crippen LogP contribution in [0.15, 0.2) is 27.8 Å². The molecule has 0 amide bonds. The van der Waals surface area contributed by atoms with Gasteiger partial charge in [0, 0.05) is 16.7 Å². The van der Waals surface area contributed by atoms with Crippen molar-refractivity contribution in [2.24, 2.45) is 0 Å². The van der Waals surface area contributed by atoms with E-state index in [4.69, 9.17) is 0 Å². The van der Waals surface area contributed by atoms with Gasteiger partial charge in [-0.1, -0.05) is 13.3 Å². The largest absolute Gasteiger partial charge is 0.315 e. The van der Waals surface area contributed by atoms with Crippen molar-refractivity contribution in [2.45, 2.75) is 44.2 Å². The number of halogens is 1. The van der Waals surface area contributed by atoms with Gasteiger partial charge in [-0.25, -0.2) is 4.98 Å². The molecule has 1 aromatic rings. The highest BCUT2D eigenvalue weighted by Gasteiger charge is 2.00. The number of nitrogens with zero attached hydrogens (tertiary/aromatic N) is 1. The Morgan fingerprint density at radius 2 is 2.24 bits per heavy atom. The maximum Gasteiger partial charge on any atom is 0.0960 e. The molecular weight excluding hydrogens is 296 g/mol. The molecule has 17 heavy (non-hydrogen) atoms. The third kappa shape index (κ3) is 7.06. The van der Waals surface area contributed by atoms with Gasteiger partial charge in [-0.2, -0.15) is 0 Å². The smallest absolute Gasteiger partial charge is 0.0960 e. The Labute approximate surface area is 117 Å². The Bertz CT molecular complexity index is 303. The molecule has 2 nitrogen and oxygen atoms in total. The minimum Gasteiger partial charge on any atom is -0.315 e. The number of unbranched alkanes of at least 4 members (excludes halogenated alkanes) is 1. The van der Waals surface area contributed by atoms with Crippen LogP contribution < -0.4 is 5.32 Å². The molecule has 4 heteroatoms. The van der Waals surface area contributed by atoms with Gasteiger partial charge in [0.15, 0.2) is 0 Å². The fourth-order valence-electron chi connectivity index (χ4n) is 1.63. The molecule has 0 bridgehead atoms. The highest BCUT2D eigenvalue weighted by molar-refractivity contribution is 9.10. The van der Waals surface area contributed by atoms with Gasteiger partial charge >= 0.3 is 0 Å². The van der Waals surface area contributed by atoms with Crippen LogP contribution in [-0.2, 0) is 0 Å². The number of hydrogen-bond acceptors (Lipinski definition) is 3. The van der Waals surface area contributed by atoms with Gasteiger partial charge in [0.05, 0.1) is 5.03 Å². The first kappa shape index (κ1) is 15.0. The van der Waals surface area contributed by atoms with E-state index in [2.05, 4.69) is 46.1 Å². The van der Waals surface area contributed by atoms with Gasteiger partial charge in [-0.05, 0) is 60.1 Å². The quantitative estimate of drug-likeness (QED) is 0.577. The van der Waals surface area contributed by atoms with E-state index in [1.54, 1.807) is 0 Å². The lowest BCUT2D eigenvalue weighted by atomic mass is 10.1. The van der Waals surface area contributed by atoms with Crippen molar-refractivity contribution < 1.29 is 0 Å². The Hall–Kier alpha value is -0.0600. The topological polar surface area (TPSA) is 24.9 Å². The van der Waals surface area contributed by atoms with E-state index >= 15 is 0 Å². The van der Waals surface area contributed by atoms with E-state index < -0.39 is 0 Å². The molecule has 0 aliphatic heterocycles. The summed E-state index contributed by atoms with van der Waals surface area (Å²) in [6, 6.07) is 4.76. The number of pyridine rings is 1. The van der Waals surface area contributed by atoms with Crippen LogP contribution in [-0.4, -0.2) is 23.3 Å².